The third-order valence-electron chi connectivity index (χ3n) is 3.28. The predicted octanol–water partition coefficient (Wildman–Crippen LogP) is 1.68. The molecule has 0 aromatic heterocycles. The zero-order chi connectivity index (χ0) is 13.0. The van der Waals surface area contributed by atoms with Gasteiger partial charge in [-0.1, -0.05) is 12.1 Å². The minimum atomic E-state index is -0.534. The highest BCUT2D eigenvalue weighted by Gasteiger charge is 2.30. The Labute approximate surface area is 108 Å². The lowest BCUT2D eigenvalue weighted by molar-refractivity contribution is 0.110. The van der Waals surface area contributed by atoms with Gasteiger partial charge in [-0.15, -0.1) is 0 Å². The van der Waals surface area contributed by atoms with Crippen LogP contribution in [-0.2, 0) is 0 Å². The fourth-order valence-corrected chi connectivity index (χ4v) is 2.15. The summed E-state index contributed by atoms with van der Waals surface area (Å²) in [5.74, 6) is 0. The van der Waals surface area contributed by atoms with E-state index < -0.39 is 6.10 Å². The van der Waals surface area contributed by atoms with Crippen LogP contribution in [0.1, 0.15) is 30.9 Å². The summed E-state index contributed by atoms with van der Waals surface area (Å²) in [6.07, 6.45) is 2.33. The van der Waals surface area contributed by atoms with Crippen LogP contribution in [-0.4, -0.2) is 29.1 Å². The Bertz CT molecular complexity index is 437. The summed E-state index contributed by atoms with van der Waals surface area (Å²) >= 11 is 0. The average molecular weight is 245 g/mol. The molecule has 3 N–H and O–H groups in total. The molecule has 0 aliphatic heterocycles. The van der Waals surface area contributed by atoms with Crippen molar-refractivity contribution in [2.75, 3.05) is 18.8 Å². The van der Waals surface area contributed by atoms with E-state index >= 15 is 0 Å². The van der Waals surface area contributed by atoms with Crippen molar-refractivity contribution in [2.45, 2.75) is 31.4 Å². The number of anilines is 1. The number of hydrogen-bond donors (Lipinski definition) is 2. The maximum Gasteiger partial charge on any atom is 0.0917 e. The lowest BCUT2D eigenvalue weighted by atomic mass is 10.1. The number of rotatable bonds is 6. The van der Waals surface area contributed by atoms with Crippen molar-refractivity contribution in [1.29, 1.82) is 5.26 Å². The Kier molecular flexibility index (Phi) is 4.19. The van der Waals surface area contributed by atoms with Gasteiger partial charge >= 0.3 is 0 Å². The van der Waals surface area contributed by atoms with E-state index in [4.69, 9.17) is 11.0 Å². The van der Waals surface area contributed by atoms with E-state index in [0.29, 0.717) is 24.7 Å². The molecule has 0 amide bonds. The monoisotopic (exact) mass is 245 g/mol. The summed E-state index contributed by atoms with van der Waals surface area (Å²) in [5, 5.41) is 18.9. The van der Waals surface area contributed by atoms with Crippen molar-refractivity contribution >= 4 is 5.69 Å². The van der Waals surface area contributed by atoms with Gasteiger partial charge in [0, 0.05) is 31.2 Å². The molecule has 1 unspecified atom stereocenters. The standard InChI is InChI=1S/C14H19N3O/c15-7-2-8-17(13-5-6-13)10-14(18)11-3-1-4-12(16)9-11/h1,3-4,9,13-14,18H,2,5-6,8,10,16H2. The van der Waals surface area contributed by atoms with Crippen LogP contribution in [0.2, 0.25) is 0 Å². The second-order valence-electron chi connectivity index (χ2n) is 4.82. The van der Waals surface area contributed by atoms with E-state index in [-0.39, 0.29) is 0 Å². The van der Waals surface area contributed by atoms with Crippen molar-refractivity contribution in [3.63, 3.8) is 0 Å². The van der Waals surface area contributed by atoms with E-state index in [0.717, 1.165) is 12.1 Å². The molecule has 0 radical (unpaired) electrons. The molecule has 18 heavy (non-hydrogen) atoms. The largest absolute Gasteiger partial charge is 0.399 e. The Morgan fingerprint density at radius 3 is 2.89 bits per heavy atom. The highest BCUT2D eigenvalue weighted by Crippen LogP contribution is 2.29. The van der Waals surface area contributed by atoms with Gasteiger partial charge in [0.1, 0.15) is 0 Å². The van der Waals surface area contributed by atoms with Crippen LogP contribution in [0.25, 0.3) is 0 Å². The van der Waals surface area contributed by atoms with Crippen LogP contribution in [0.5, 0.6) is 0 Å². The summed E-state index contributed by atoms with van der Waals surface area (Å²) in [5.41, 5.74) is 7.22. The van der Waals surface area contributed by atoms with Gasteiger partial charge in [-0.2, -0.15) is 5.26 Å². The van der Waals surface area contributed by atoms with Gasteiger partial charge in [0.25, 0.3) is 0 Å². The third-order valence-corrected chi connectivity index (χ3v) is 3.28. The zero-order valence-electron chi connectivity index (χ0n) is 10.4. The Morgan fingerprint density at radius 2 is 2.28 bits per heavy atom. The first-order valence-corrected chi connectivity index (χ1v) is 6.35. The molecule has 1 atom stereocenters. The molecule has 1 aliphatic rings. The number of nitrogen functional groups attached to an aromatic ring is 1. The molecular formula is C14H19N3O. The first kappa shape index (κ1) is 12.9. The number of nitriles is 1. The van der Waals surface area contributed by atoms with Gasteiger partial charge in [0.05, 0.1) is 12.2 Å². The van der Waals surface area contributed by atoms with Gasteiger partial charge < -0.3 is 10.8 Å². The minimum absolute atomic E-state index is 0.514. The number of benzene rings is 1. The number of aliphatic hydroxyl groups excluding tert-OH is 1. The van der Waals surface area contributed by atoms with Gasteiger partial charge in [0.2, 0.25) is 0 Å². The molecular weight excluding hydrogens is 226 g/mol. The fraction of sp³-hybridized carbons (Fsp3) is 0.500. The first-order valence-electron chi connectivity index (χ1n) is 6.35. The molecule has 96 valence electrons. The van der Waals surface area contributed by atoms with E-state index in [1.807, 2.05) is 18.2 Å². The minimum Gasteiger partial charge on any atom is -0.399 e. The molecule has 1 saturated carbocycles. The second kappa shape index (κ2) is 5.85. The van der Waals surface area contributed by atoms with Crippen LogP contribution in [0, 0.1) is 11.3 Å². The highest BCUT2D eigenvalue weighted by molar-refractivity contribution is 5.41. The summed E-state index contributed by atoms with van der Waals surface area (Å²) in [6.45, 7) is 1.32. The number of nitrogens with zero attached hydrogens (tertiary/aromatic N) is 2. The molecule has 4 nitrogen and oxygen atoms in total. The maximum absolute atomic E-state index is 10.2. The number of nitrogens with two attached hydrogens (primary N) is 1. The van der Waals surface area contributed by atoms with Crippen LogP contribution in [0.3, 0.4) is 0 Å². The molecule has 4 heteroatoms. The Morgan fingerprint density at radius 1 is 1.50 bits per heavy atom. The summed E-state index contributed by atoms with van der Waals surface area (Å²) in [7, 11) is 0. The topological polar surface area (TPSA) is 73.3 Å². The van der Waals surface area contributed by atoms with Crippen molar-refractivity contribution in [1.82, 2.24) is 4.90 Å². The SMILES string of the molecule is N#CCCN(CC(O)c1cccc(N)c1)C1CC1. The average Bonchev–Trinajstić information content (AvgIpc) is 3.18. The lowest BCUT2D eigenvalue weighted by Gasteiger charge is -2.24. The normalized spacial score (nSPS) is 16.5. The second-order valence-corrected chi connectivity index (χ2v) is 4.82. The Balaban J connectivity index is 1.96. The predicted molar refractivity (Wildman–Crippen MR) is 70.6 cm³/mol. The number of hydrogen-bond acceptors (Lipinski definition) is 4. The molecule has 0 bridgehead atoms. The van der Waals surface area contributed by atoms with Crippen LogP contribution in [0.15, 0.2) is 24.3 Å². The van der Waals surface area contributed by atoms with Crippen molar-refractivity contribution in [3.8, 4) is 6.07 Å². The van der Waals surface area contributed by atoms with Gasteiger partial charge in [-0.05, 0) is 30.5 Å². The molecule has 1 aromatic rings. The van der Waals surface area contributed by atoms with E-state index in [1.165, 1.54) is 12.8 Å². The molecule has 1 aromatic carbocycles. The third kappa shape index (κ3) is 3.46. The van der Waals surface area contributed by atoms with Crippen molar-refractivity contribution < 1.29 is 5.11 Å². The smallest absolute Gasteiger partial charge is 0.0917 e. The highest BCUT2D eigenvalue weighted by atomic mass is 16.3. The van der Waals surface area contributed by atoms with E-state index in [9.17, 15) is 5.11 Å². The van der Waals surface area contributed by atoms with Crippen molar-refractivity contribution in [3.05, 3.63) is 29.8 Å². The number of aliphatic hydroxyl groups is 1. The quantitative estimate of drug-likeness (QED) is 0.748. The fourth-order valence-electron chi connectivity index (χ4n) is 2.15. The first-order chi connectivity index (χ1) is 8.70. The molecule has 1 fully saturated rings. The van der Waals surface area contributed by atoms with Crippen molar-refractivity contribution in [2.24, 2.45) is 0 Å². The van der Waals surface area contributed by atoms with Gasteiger partial charge in [0.15, 0.2) is 0 Å². The van der Waals surface area contributed by atoms with Gasteiger partial charge in [-0.25, -0.2) is 0 Å². The Hall–Kier alpha value is -1.57. The van der Waals surface area contributed by atoms with Crippen LogP contribution in [0.4, 0.5) is 5.69 Å². The van der Waals surface area contributed by atoms with Gasteiger partial charge in [-0.3, -0.25) is 4.90 Å². The molecule has 0 saturated heterocycles. The van der Waals surface area contributed by atoms with E-state index in [1.54, 1.807) is 6.07 Å². The molecule has 1 aliphatic carbocycles. The maximum atomic E-state index is 10.2. The summed E-state index contributed by atoms with van der Waals surface area (Å²) < 4.78 is 0. The zero-order valence-corrected chi connectivity index (χ0v) is 10.4. The van der Waals surface area contributed by atoms with Crippen LogP contribution < -0.4 is 5.73 Å². The summed E-state index contributed by atoms with van der Waals surface area (Å²) in [4.78, 5) is 2.21. The lowest BCUT2D eigenvalue weighted by Crippen LogP contribution is -2.31. The van der Waals surface area contributed by atoms with Crippen LogP contribution >= 0.6 is 0 Å². The summed E-state index contributed by atoms with van der Waals surface area (Å²) in [6, 6.07) is 10.1. The van der Waals surface area contributed by atoms with E-state index in [2.05, 4.69) is 11.0 Å². The molecule has 0 spiro atoms. The molecule has 0 heterocycles. The molecule has 2 rings (SSSR count).